The van der Waals surface area contributed by atoms with Gasteiger partial charge >= 0.3 is 6.09 Å². The van der Waals surface area contributed by atoms with Gasteiger partial charge in [-0.15, -0.1) is 0 Å². The minimum atomic E-state index is -0.481. The summed E-state index contributed by atoms with van der Waals surface area (Å²) >= 11 is 5.98. The molecule has 1 aromatic rings. The van der Waals surface area contributed by atoms with E-state index >= 15 is 0 Å². The van der Waals surface area contributed by atoms with Crippen molar-refractivity contribution >= 4 is 17.7 Å². The van der Waals surface area contributed by atoms with Crippen molar-refractivity contribution < 1.29 is 18.7 Å². The molecule has 0 bridgehead atoms. The molecule has 4 nitrogen and oxygen atoms in total. The van der Waals surface area contributed by atoms with E-state index < -0.39 is 5.60 Å². The Labute approximate surface area is 141 Å². The van der Waals surface area contributed by atoms with E-state index in [-0.39, 0.29) is 11.9 Å². The normalized spacial score (nSPS) is 16.3. The number of benzene rings is 1. The Kier molecular flexibility index (Phi) is 5.74. The van der Waals surface area contributed by atoms with Crippen molar-refractivity contribution in [3.63, 3.8) is 0 Å². The second-order valence-electron chi connectivity index (χ2n) is 6.80. The Morgan fingerprint density at radius 3 is 2.61 bits per heavy atom. The molecule has 1 aliphatic rings. The van der Waals surface area contributed by atoms with Gasteiger partial charge in [0.15, 0.2) is 0 Å². The molecule has 1 saturated heterocycles. The summed E-state index contributed by atoms with van der Waals surface area (Å²) in [6.45, 7) is 7.31. The SMILES string of the molecule is CC(C)(C)OC(=O)N1CCC(COc2cc(F)ccc2Cl)CC1. The summed E-state index contributed by atoms with van der Waals surface area (Å²) in [6.07, 6.45) is 1.38. The number of halogens is 2. The predicted octanol–water partition coefficient (Wildman–Crippen LogP) is 4.51. The fourth-order valence-corrected chi connectivity index (χ4v) is 2.58. The summed E-state index contributed by atoms with van der Waals surface area (Å²) in [6, 6.07) is 4.07. The molecule has 1 fully saturated rings. The maximum atomic E-state index is 13.2. The molecule has 23 heavy (non-hydrogen) atoms. The molecule has 0 aliphatic carbocycles. The highest BCUT2D eigenvalue weighted by Gasteiger charge is 2.27. The number of hydrogen-bond acceptors (Lipinski definition) is 3. The third-order valence-electron chi connectivity index (χ3n) is 3.63. The van der Waals surface area contributed by atoms with Crippen LogP contribution in [-0.2, 0) is 4.74 Å². The molecule has 1 heterocycles. The average Bonchev–Trinajstić information content (AvgIpc) is 2.47. The average molecular weight is 344 g/mol. The van der Waals surface area contributed by atoms with Gasteiger partial charge in [0.1, 0.15) is 17.2 Å². The van der Waals surface area contributed by atoms with E-state index in [2.05, 4.69) is 0 Å². The van der Waals surface area contributed by atoms with Crippen LogP contribution < -0.4 is 4.74 Å². The van der Waals surface area contributed by atoms with Crippen molar-refractivity contribution in [2.75, 3.05) is 19.7 Å². The van der Waals surface area contributed by atoms with Gasteiger partial charge in [-0.3, -0.25) is 0 Å². The second kappa shape index (κ2) is 7.39. The van der Waals surface area contributed by atoms with Gasteiger partial charge in [-0.05, 0) is 51.7 Å². The third kappa shape index (κ3) is 5.57. The maximum absolute atomic E-state index is 13.2. The maximum Gasteiger partial charge on any atom is 0.410 e. The standard InChI is InChI=1S/C17H23ClFNO3/c1-17(2,3)23-16(21)20-8-6-12(7-9-20)11-22-15-10-13(19)4-5-14(15)18/h4-5,10,12H,6-9,11H2,1-3H3. The van der Waals surface area contributed by atoms with Crippen LogP contribution in [0.5, 0.6) is 5.75 Å². The van der Waals surface area contributed by atoms with E-state index in [1.807, 2.05) is 20.8 Å². The van der Waals surface area contributed by atoms with Crippen molar-refractivity contribution in [1.82, 2.24) is 4.90 Å². The highest BCUT2D eigenvalue weighted by atomic mass is 35.5. The van der Waals surface area contributed by atoms with Gasteiger partial charge in [0.25, 0.3) is 0 Å². The van der Waals surface area contributed by atoms with Gasteiger partial charge in [0.2, 0.25) is 0 Å². The first-order chi connectivity index (χ1) is 10.7. The number of piperidine rings is 1. The van der Waals surface area contributed by atoms with Gasteiger partial charge in [0, 0.05) is 19.2 Å². The molecule has 0 unspecified atom stereocenters. The van der Waals surface area contributed by atoms with E-state index in [9.17, 15) is 9.18 Å². The smallest absolute Gasteiger partial charge is 0.410 e. The molecule has 128 valence electrons. The molecule has 1 aliphatic heterocycles. The van der Waals surface area contributed by atoms with Crippen molar-refractivity contribution in [1.29, 1.82) is 0 Å². The number of amides is 1. The first-order valence-electron chi connectivity index (χ1n) is 7.80. The molecular formula is C17H23ClFNO3. The van der Waals surface area contributed by atoms with Crippen LogP contribution in [0.2, 0.25) is 5.02 Å². The zero-order valence-corrected chi connectivity index (χ0v) is 14.5. The van der Waals surface area contributed by atoms with Crippen molar-refractivity contribution in [3.8, 4) is 5.75 Å². The van der Waals surface area contributed by atoms with Gasteiger partial charge in [-0.25, -0.2) is 9.18 Å². The number of hydrogen-bond donors (Lipinski definition) is 0. The van der Waals surface area contributed by atoms with E-state index in [0.717, 1.165) is 12.8 Å². The van der Waals surface area contributed by atoms with Crippen LogP contribution in [0.3, 0.4) is 0 Å². The second-order valence-corrected chi connectivity index (χ2v) is 7.20. The number of nitrogens with zero attached hydrogens (tertiary/aromatic N) is 1. The van der Waals surface area contributed by atoms with Crippen LogP contribution in [0.25, 0.3) is 0 Å². The Balaban J connectivity index is 1.79. The minimum Gasteiger partial charge on any atom is -0.492 e. The Morgan fingerprint density at radius 2 is 2.00 bits per heavy atom. The fraction of sp³-hybridized carbons (Fsp3) is 0.588. The molecule has 0 atom stereocenters. The summed E-state index contributed by atoms with van der Waals surface area (Å²) < 4.78 is 24.2. The highest BCUT2D eigenvalue weighted by molar-refractivity contribution is 6.32. The summed E-state index contributed by atoms with van der Waals surface area (Å²) in [7, 11) is 0. The van der Waals surface area contributed by atoms with Crippen LogP contribution in [0.4, 0.5) is 9.18 Å². The lowest BCUT2D eigenvalue weighted by atomic mass is 9.98. The fourth-order valence-electron chi connectivity index (χ4n) is 2.40. The molecule has 1 aromatic carbocycles. The summed E-state index contributed by atoms with van der Waals surface area (Å²) in [5.74, 6) is 0.304. The van der Waals surface area contributed by atoms with Gasteiger partial charge in [-0.1, -0.05) is 11.6 Å². The first kappa shape index (κ1) is 17.9. The zero-order chi connectivity index (χ0) is 17.0. The molecule has 2 rings (SSSR count). The molecule has 0 aromatic heterocycles. The first-order valence-corrected chi connectivity index (χ1v) is 8.18. The van der Waals surface area contributed by atoms with E-state index in [0.29, 0.717) is 36.4 Å². The molecule has 1 amide bonds. The van der Waals surface area contributed by atoms with E-state index in [1.54, 1.807) is 4.90 Å². The molecular weight excluding hydrogens is 321 g/mol. The van der Waals surface area contributed by atoms with Gasteiger partial charge in [0.05, 0.1) is 11.6 Å². The molecule has 0 N–H and O–H groups in total. The van der Waals surface area contributed by atoms with Crippen molar-refractivity contribution in [2.45, 2.75) is 39.2 Å². The number of likely N-dealkylation sites (tertiary alicyclic amines) is 1. The van der Waals surface area contributed by atoms with Gasteiger partial charge in [-0.2, -0.15) is 0 Å². The lowest BCUT2D eigenvalue weighted by Gasteiger charge is -2.33. The van der Waals surface area contributed by atoms with Crippen LogP contribution in [0.1, 0.15) is 33.6 Å². The largest absolute Gasteiger partial charge is 0.492 e. The predicted molar refractivity (Wildman–Crippen MR) is 87.4 cm³/mol. The van der Waals surface area contributed by atoms with Gasteiger partial charge < -0.3 is 14.4 Å². The van der Waals surface area contributed by atoms with Crippen molar-refractivity contribution in [3.05, 3.63) is 29.0 Å². The summed E-state index contributed by atoms with van der Waals surface area (Å²) in [5.41, 5.74) is -0.481. The lowest BCUT2D eigenvalue weighted by Crippen LogP contribution is -2.42. The number of rotatable bonds is 3. The number of ether oxygens (including phenoxy) is 2. The molecule has 0 spiro atoms. The highest BCUT2D eigenvalue weighted by Crippen LogP contribution is 2.27. The van der Waals surface area contributed by atoms with Crippen LogP contribution >= 0.6 is 11.6 Å². The Morgan fingerprint density at radius 1 is 1.35 bits per heavy atom. The van der Waals surface area contributed by atoms with Crippen molar-refractivity contribution in [2.24, 2.45) is 5.92 Å². The van der Waals surface area contributed by atoms with Crippen LogP contribution in [0.15, 0.2) is 18.2 Å². The molecule has 0 radical (unpaired) electrons. The third-order valence-corrected chi connectivity index (χ3v) is 3.95. The van der Waals surface area contributed by atoms with Crippen LogP contribution in [0, 0.1) is 11.7 Å². The molecule has 6 heteroatoms. The number of carbonyl (C=O) groups is 1. The Bertz CT molecular complexity index is 551. The Hall–Kier alpha value is -1.49. The summed E-state index contributed by atoms with van der Waals surface area (Å²) in [5, 5.41) is 0.401. The molecule has 0 saturated carbocycles. The lowest BCUT2D eigenvalue weighted by molar-refractivity contribution is 0.0165. The topological polar surface area (TPSA) is 38.8 Å². The van der Waals surface area contributed by atoms with Crippen LogP contribution in [-0.4, -0.2) is 36.3 Å². The summed E-state index contributed by atoms with van der Waals surface area (Å²) in [4.78, 5) is 13.7. The quantitative estimate of drug-likeness (QED) is 0.810. The monoisotopic (exact) mass is 343 g/mol. The van der Waals surface area contributed by atoms with E-state index in [1.165, 1.54) is 18.2 Å². The number of carbonyl (C=O) groups excluding carboxylic acids is 1. The zero-order valence-electron chi connectivity index (χ0n) is 13.8. The van der Waals surface area contributed by atoms with E-state index in [4.69, 9.17) is 21.1 Å². The minimum absolute atomic E-state index is 0.273.